The predicted molar refractivity (Wildman–Crippen MR) is 106 cm³/mol. The smallest absolute Gasteiger partial charge is 0.347 e. The fourth-order valence-corrected chi connectivity index (χ4v) is 4.14. The molecule has 0 unspecified atom stereocenters. The molecule has 3 aromatic rings. The lowest BCUT2D eigenvalue weighted by Crippen LogP contribution is -2.42. The Morgan fingerprint density at radius 3 is 2.69 bits per heavy atom. The van der Waals surface area contributed by atoms with Gasteiger partial charge in [-0.2, -0.15) is 0 Å². The molecule has 0 aliphatic carbocycles. The minimum absolute atomic E-state index is 0.0750. The van der Waals surface area contributed by atoms with E-state index in [1.54, 1.807) is 18.2 Å². The van der Waals surface area contributed by atoms with Crippen molar-refractivity contribution in [1.82, 2.24) is 0 Å². The summed E-state index contributed by atoms with van der Waals surface area (Å²) >= 11 is 1.32. The highest BCUT2D eigenvalue weighted by atomic mass is 32.1. The van der Waals surface area contributed by atoms with Gasteiger partial charge in [-0.05, 0) is 49.9 Å². The summed E-state index contributed by atoms with van der Waals surface area (Å²) in [5.74, 6) is -0.293. The van der Waals surface area contributed by atoms with Gasteiger partial charge in [-0.3, -0.25) is 4.79 Å². The van der Waals surface area contributed by atoms with Crippen LogP contribution in [0.1, 0.15) is 41.6 Å². The van der Waals surface area contributed by atoms with Crippen molar-refractivity contribution in [1.29, 1.82) is 0 Å². The topological polar surface area (TPSA) is 50.5 Å². The first-order chi connectivity index (χ1) is 12.3. The lowest BCUT2D eigenvalue weighted by atomic mass is 9.88. The van der Waals surface area contributed by atoms with Crippen LogP contribution in [0.2, 0.25) is 0 Å². The molecule has 0 saturated carbocycles. The quantitative estimate of drug-likeness (QED) is 0.487. The highest BCUT2D eigenvalue weighted by molar-refractivity contribution is 7.12. The Kier molecular flexibility index (Phi) is 3.66. The van der Waals surface area contributed by atoms with Crippen molar-refractivity contribution in [2.75, 3.05) is 11.9 Å². The molecule has 132 valence electrons. The SMILES string of the molecule is CC1=CC(C)(C)N(C)c2cc3oc(=O)c(C(=O)c4cccs4)cc3cc21. The number of allylic oxidation sites excluding steroid dienone is 1. The first kappa shape index (κ1) is 16.8. The van der Waals surface area contributed by atoms with Gasteiger partial charge in [0.2, 0.25) is 5.78 Å². The van der Waals surface area contributed by atoms with Gasteiger partial charge in [0, 0.05) is 29.8 Å². The van der Waals surface area contributed by atoms with Crippen LogP contribution in [0.4, 0.5) is 5.69 Å². The van der Waals surface area contributed by atoms with Crippen molar-refractivity contribution in [3.8, 4) is 0 Å². The number of carbonyl (C=O) groups excluding carboxylic acids is 1. The average Bonchev–Trinajstić information content (AvgIpc) is 3.12. The zero-order chi connectivity index (χ0) is 18.6. The normalized spacial score (nSPS) is 15.7. The molecule has 2 aromatic heterocycles. The molecule has 0 fully saturated rings. The number of ketones is 1. The Hall–Kier alpha value is -2.66. The number of hydrogen-bond donors (Lipinski definition) is 0. The Morgan fingerprint density at radius 1 is 1.23 bits per heavy atom. The molecule has 26 heavy (non-hydrogen) atoms. The van der Waals surface area contributed by atoms with E-state index in [-0.39, 0.29) is 16.9 Å². The molecule has 0 radical (unpaired) electrons. The van der Waals surface area contributed by atoms with Crippen LogP contribution in [0, 0.1) is 0 Å². The van der Waals surface area contributed by atoms with Crippen LogP contribution in [0.3, 0.4) is 0 Å². The Labute approximate surface area is 155 Å². The van der Waals surface area contributed by atoms with Gasteiger partial charge in [0.25, 0.3) is 0 Å². The third-order valence-corrected chi connectivity index (χ3v) is 5.93. The van der Waals surface area contributed by atoms with Crippen molar-refractivity contribution in [2.24, 2.45) is 0 Å². The van der Waals surface area contributed by atoms with Crippen molar-refractivity contribution in [3.05, 3.63) is 68.2 Å². The van der Waals surface area contributed by atoms with E-state index in [0.717, 1.165) is 16.6 Å². The molecule has 0 spiro atoms. The number of nitrogens with zero attached hydrogens (tertiary/aromatic N) is 1. The number of thiophene rings is 1. The van der Waals surface area contributed by atoms with Gasteiger partial charge in [0.15, 0.2) is 0 Å². The van der Waals surface area contributed by atoms with E-state index in [0.29, 0.717) is 10.5 Å². The second-order valence-corrected chi connectivity index (χ2v) is 8.15. The Bertz CT molecular complexity index is 1120. The molecule has 1 aliphatic rings. The van der Waals surface area contributed by atoms with Gasteiger partial charge in [-0.1, -0.05) is 12.1 Å². The number of likely N-dealkylation sites (N-methyl/N-ethyl adjacent to an activating group) is 1. The van der Waals surface area contributed by atoms with Gasteiger partial charge in [-0.25, -0.2) is 4.79 Å². The van der Waals surface area contributed by atoms with Gasteiger partial charge < -0.3 is 9.32 Å². The Morgan fingerprint density at radius 2 is 2.00 bits per heavy atom. The van der Waals surface area contributed by atoms with E-state index in [2.05, 4.69) is 31.7 Å². The van der Waals surface area contributed by atoms with Crippen LogP contribution < -0.4 is 10.5 Å². The number of hydrogen-bond acceptors (Lipinski definition) is 5. The number of benzene rings is 1. The van der Waals surface area contributed by atoms with Crippen LogP contribution in [-0.2, 0) is 0 Å². The van der Waals surface area contributed by atoms with E-state index in [9.17, 15) is 9.59 Å². The van der Waals surface area contributed by atoms with Gasteiger partial charge in [0.05, 0.1) is 10.4 Å². The molecular formula is C21H19NO3S. The van der Waals surface area contributed by atoms with Crippen LogP contribution >= 0.6 is 11.3 Å². The maximum Gasteiger partial charge on any atom is 0.347 e. The van der Waals surface area contributed by atoms with Crippen LogP contribution in [-0.4, -0.2) is 18.4 Å². The monoisotopic (exact) mass is 365 g/mol. The molecule has 4 rings (SSSR count). The van der Waals surface area contributed by atoms with Gasteiger partial charge in [0.1, 0.15) is 11.1 Å². The number of rotatable bonds is 2. The summed E-state index contributed by atoms with van der Waals surface area (Å²) in [6.45, 7) is 6.36. The molecule has 3 heterocycles. The summed E-state index contributed by atoms with van der Waals surface area (Å²) in [5, 5.41) is 2.57. The number of fused-ring (bicyclic) bond motifs is 2. The fraction of sp³-hybridized carbons (Fsp3) is 0.238. The molecule has 0 atom stereocenters. The molecule has 0 N–H and O–H groups in total. The van der Waals surface area contributed by atoms with Crippen LogP contribution in [0.25, 0.3) is 16.5 Å². The lowest BCUT2D eigenvalue weighted by Gasteiger charge is -2.40. The third-order valence-electron chi connectivity index (χ3n) is 5.06. The molecule has 0 bridgehead atoms. The molecule has 1 aliphatic heterocycles. The first-order valence-corrected chi connectivity index (χ1v) is 9.30. The first-order valence-electron chi connectivity index (χ1n) is 8.42. The lowest BCUT2D eigenvalue weighted by molar-refractivity contribution is 0.103. The van der Waals surface area contributed by atoms with Crippen molar-refractivity contribution in [3.63, 3.8) is 0 Å². The maximum atomic E-state index is 12.6. The summed E-state index contributed by atoms with van der Waals surface area (Å²) in [6, 6.07) is 9.05. The molecule has 1 aromatic carbocycles. The van der Waals surface area contributed by atoms with E-state index in [1.807, 2.05) is 24.6 Å². The van der Waals surface area contributed by atoms with Crippen molar-refractivity contribution >= 4 is 39.3 Å². The molecule has 0 amide bonds. The largest absolute Gasteiger partial charge is 0.422 e. The Balaban J connectivity index is 1.92. The molecular weight excluding hydrogens is 346 g/mol. The highest BCUT2D eigenvalue weighted by Gasteiger charge is 2.29. The average molecular weight is 365 g/mol. The number of anilines is 1. The fourth-order valence-electron chi connectivity index (χ4n) is 3.46. The highest BCUT2D eigenvalue weighted by Crippen LogP contribution is 2.39. The summed E-state index contributed by atoms with van der Waals surface area (Å²) < 4.78 is 5.51. The third kappa shape index (κ3) is 2.51. The zero-order valence-corrected chi connectivity index (χ0v) is 15.9. The van der Waals surface area contributed by atoms with Gasteiger partial charge >= 0.3 is 5.63 Å². The number of carbonyl (C=O) groups is 1. The molecule has 0 saturated heterocycles. The van der Waals surface area contributed by atoms with Crippen LogP contribution in [0.15, 0.2) is 51.0 Å². The summed E-state index contributed by atoms with van der Waals surface area (Å²) in [5.41, 5.74) is 3.12. The summed E-state index contributed by atoms with van der Waals surface area (Å²) in [6.07, 6.45) is 2.22. The maximum absolute atomic E-state index is 12.6. The van der Waals surface area contributed by atoms with Crippen molar-refractivity contribution in [2.45, 2.75) is 26.3 Å². The van der Waals surface area contributed by atoms with Crippen LogP contribution in [0.5, 0.6) is 0 Å². The summed E-state index contributed by atoms with van der Waals surface area (Å²) in [7, 11) is 2.03. The minimum Gasteiger partial charge on any atom is -0.422 e. The minimum atomic E-state index is -0.596. The zero-order valence-electron chi connectivity index (χ0n) is 15.1. The van der Waals surface area contributed by atoms with Gasteiger partial charge in [-0.15, -0.1) is 11.3 Å². The standard InChI is InChI=1S/C21H19NO3S/c1-12-11-21(2,3)22(4)16-10-17-13(8-14(12)16)9-15(20(24)25-17)19(23)18-6-5-7-26-18/h5-11H,1-4H3. The summed E-state index contributed by atoms with van der Waals surface area (Å²) in [4.78, 5) is 27.7. The van der Waals surface area contributed by atoms with E-state index in [1.165, 1.54) is 16.9 Å². The van der Waals surface area contributed by atoms with E-state index < -0.39 is 5.63 Å². The van der Waals surface area contributed by atoms with E-state index >= 15 is 0 Å². The molecule has 5 heteroatoms. The second kappa shape index (κ2) is 5.68. The van der Waals surface area contributed by atoms with Crippen molar-refractivity contribution < 1.29 is 9.21 Å². The molecule has 4 nitrogen and oxygen atoms in total. The van der Waals surface area contributed by atoms with E-state index in [4.69, 9.17) is 4.42 Å². The predicted octanol–water partition coefficient (Wildman–Crippen LogP) is 4.72. The second-order valence-electron chi connectivity index (χ2n) is 7.20.